The van der Waals surface area contributed by atoms with E-state index in [1.165, 1.54) is 23.7 Å². The van der Waals surface area contributed by atoms with Gasteiger partial charge in [-0.1, -0.05) is 0 Å². The molecule has 0 aliphatic rings. The number of hydrogen-bond acceptors (Lipinski definition) is 7. The van der Waals surface area contributed by atoms with E-state index in [2.05, 4.69) is 25.6 Å². The lowest BCUT2D eigenvalue weighted by Crippen LogP contribution is -2.38. The summed E-state index contributed by atoms with van der Waals surface area (Å²) in [4.78, 5) is 25.2. The maximum atomic E-state index is 13.8. The first-order chi connectivity index (χ1) is 14.1. The van der Waals surface area contributed by atoms with Crippen LogP contribution in [0, 0.1) is 5.82 Å². The summed E-state index contributed by atoms with van der Waals surface area (Å²) < 4.78 is 19.9. The number of nitrogens with zero attached hydrogens (tertiary/aromatic N) is 3. The Kier molecular flexibility index (Phi) is 6.72. The molecule has 0 radical (unpaired) electrons. The third kappa shape index (κ3) is 5.99. The number of alkyl carbamates (subject to hydrolysis) is 1. The standard InChI is InChI=1S/C20H23ClFN5O2S/c1-11(25-19(28)29-20(2,3)4)7-13-8-15-16(30-13)17(27-18(21)26-15)24-9-12-5-6-23-10-14(12)22/h5-6,8,10-11H,7,9H2,1-4H3,(H,25,28)(H,24,26,27). The number of halogens is 2. The Morgan fingerprint density at radius 1 is 1.37 bits per heavy atom. The average molecular weight is 452 g/mol. The summed E-state index contributed by atoms with van der Waals surface area (Å²) in [6.07, 6.45) is 2.84. The van der Waals surface area contributed by atoms with Crippen LogP contribution in [0.5, 0.6) is 0 Å². The molecule has 0 bridgehead atoms. The van der Waals surface area contributed by atoms with Gasteiger partial charge in [-0.2, -0.15) is 4.98 Å². The molecule has 0 aromatic carbocycles. The molecule has 30 heavy (non-hydrogen) atoms. The lowest BCUT2D eigenvalue weighted by Gasteiger charge is -2.21. The summed E-state index contributed by atoms with van der Waals surface area (Å²) in [7, 11) is 0. The van der Waals surface area contributed by atoms with Gasteiger partial charge in [-0.3, -0.25) is 4.98 Å². The number of hydrogen-bond donors (Lipinski definition) is 2. The number of amides is 1. The van der Waals surface area contributed by atoms with Crippen LogP contribution < -0.4 is 10.6 Å². The summed E-state index contributed by atoms with van der Waals surface area (Å²) in [5, 5.41) is 6.06. The first kappa shape index (κ1) is 22.2. The molecule has 160 valence electrons. The van der Waals surface area contributed by atoms with Gasteiger partial charge in [-0.05, 0) is 51.4 Å². The van der Waals surface area contributed by atoms with E-state index >= 15 is 0 Å². The number of thiophene rings is 1. The molecule has 3 aromatic rings. The van der Waals surface area contributed by atoms with E-state index < -0.39 is 17.5 Å². The first-order valence-electron chi connectivity index (χ1n) is 9.38. The molecule has 3 aromatic heterocycles. The number of carbonyl (C=O) groups is 1. The van der Waals surface area contributed by atoms with Crippen molar-refractivity contribution in [2.24, 2.45) is 0 Å². The van der Waals surface area contributed by atoms with Gasteiger partial charge in [-0.15, -0.1) is 11.3 Å². The fraction of sp³-hybridized carbons (Fsp3) is 0.400. The lowest BCUT2D eigenvalue weighted by atomic mass is 10.2. The molecule has 0 aliphatic carbocycles. The highest BCUT2D eigenvalue weighted by molar-refractivity contribution is 7.19. The molecule has 0 aliphatic heterocycles. The third-order valence-electron chi connectivity index (χ3n) is 3.97. The van der Waals surface area contributed by atoms with Crippen LogP contribution in [0.4, 0.5) is 15.0 Å². The van der Waals surface area contributed by atoms with Gasteiger partial charge in [0.2, 0.25) is 5.28 Å². The predicted octanol–water partition coefficient (Wildman–Crippen LogP) is 4.95. The minimum Gasteiger partial charge on any atom is -0.444 e. The number of carbonyl (C=O) groups excluding carboxylic acids is 1. The van der Waals surface area contributed by atoms with Crippen LogP contribution in [0.2, 0.25) is 5.28 Å². The zero-order valence-corrected chi connectivity index (χ0v) is 18.7. The molecule has 1 amide bonds. The van der Waals surface area contributed by atoms with Crippen molar-refractivity contribution in [2.45, 2.75) is 52.3 Å². The van der Waals surface area contributed by atoms with E-state index in [1.807, 2.05) is 33.8 Å². The molecule has 10 heteroatoms. The molecule has 7 nitrogen and oxygen atoms in total. The third-order valence-corrected chi connectivity index (χ3v) is 5.29. The minimum absolute atomic E-state index is 0.101. The second-order valence-electron chi connectivity index (χ2n) is 7.84. The number of nitrogens with one attached hydrogen (secondary N) is 2. The second kappa shape index (κ2) is 9.09. The summed E-state index contributed by atoms with van der Waals surface area (Å²) in [6, 6.07) is 3.38. The monoisotopic (exact) mass is 451 g/mol. The Bertz CT molecular complexity index is 1050. The van der Waals surface area contributed by atoms with Crippen molar-refractivity contribution in [1.29, 1.82) is 0 Å². The quantitative estimate of drug-likeness (QED) is 0.515. The lowest BCUT2D eigenvalue weighted by molar-refractivity contribution is 0.0508. The molecule has 0 spiro atoms. The molecule has 2 N–H and O–H groups in total. The highest BCUT2D eigenvalue weighted by Gasteiger charge is 2.19. The molecular weight excluding hydrogens is 429 g/mol. The van der Waals surface area contributed by atoms with E-state index in [0.29, 0.717) is 23.3 Å². The zero-order valence-electron chi connectivity index (χ0n) is 17.1. The zero-order chi connectivity index (χ0) is 21.9. The smallest absolute Gasteiger partial charge is 0.407 e. The summed E-state index contributed by atoms with van der Waals surface area (Å²) >= 11 is 7.56. The van der Waals surface area contributed by atoms with Crippen molar-refractivity contribution in [3.8, 4) is 0 Å². The number of rotatable bonds is 6. The van der Waals surface area contributed by atoms with Gasteiger partial charge in [0.1, 0.15) is 17.2 Å². The molecule has 1 unspecified atom stereocenters. The fourth-order valence-electron chi connectivity index (χ4n) is 2.76. The van der Waals surface area contributed by atoms with Crippen molar-refractivity contribution < 1.29 is 13.9 Å². The van der Waals surface area contributed by atoms with Crippen LogP contribution in [0.1, 0.15) is 38.1 Å². The van der Waals surface area contributed by atoms with E-state index in [4.69, 9.17) is 16.3 Å². The largest absolute Gasteiger partial charge is 0.444 e. The van der Waals surface area contributed by atoms with Crippen molar-refractivity contribution >= 4 is 45.1 Å². The normalized spacial score (nSPS) is 12.6. The number of fused-ring (bicyclic) bond motifs is 1. The molecule has 0 saturated carbocycles. The van der Waals surface area contributed by atoms with Crippen molar-refractivity contribution in [2.75, 3.05) is 5.32 Å². The Balaban J connectivity index is 1.73. The Hall–Kier alpha value is -2.52. The average Bonchev–Trinajstić information content (AvgIpc) is 3.00. The summed E-state index contributed by atoms with van der Waals surface area (Å²) in [5.74, 6) is 0.139. The first-order valence-corrected chi connectivity index (χ1v) is 10.6. The van der Waals surface area contributed by atoms with Crippen LogP contribution in [0.15, 0.2) is 24.5 Å². The van der Waals surface area contributed by atoms with Crippen molar-refractivity contribution in [1.82, 2.24) is 20.3 Å². The fourth-order valence-corrected chi connectivity index (χ4v) is 4.12. The highest BCUT2D eigenvalue weighted by Crippen LogP contribution is 2.32. The van der Waals surface area contributed by atoms with Crippen LogP contribution >= 0.6 is 22.9 Å². The molecule has 0 fully saturated rings. The van der Waals surface area contributed by atoms with Crippen molar-refractivity contribution in [3.05, 3.63) is 46.1 Å². The topological polar surface area (TPSA) is 89.0 Å². The van der Waals surface area contributed by atoms with E-state index in [9.17, 15) is 9.18 Å². The Morgan fingerprint density at radius 3 is 2.83 bits per heavy atom. The van der Waals surface area contributed by atoms with Crippen LogP contribution in [-0.4, -0.2) is 32.7 Å². The van der Waals surface area contributed by atoms with Crippen molar-refractivity contribution in [3.63, 3.8) is 0 Å². The van der Waals surface area contributed by atoms with Gasteiger partial charge >= 0.3 is 6.09 Å². The van der Waals surface area contributed by atoms with Gasteiger partial charge in [-0.25, -0.2) is 14.2 Å². The van der Waals surface area contributed by atoms with Gasteiger partial charge in [0, 0.05) is 35.6 Å². The molecule has 0 saturated heterocycles. The maximum absolute atomic E-state index is 13.8. The number of aromatic nitrogens is 3. The summed E-state index contributed by atoms with van der Waals surface area (Å²) in [6.45, 7) is 7.59. The molecule has 1 atom stereocenters. The molecular formula is C20H23ClFN5O2S. The number of ether oxygens (including phenoxy) is 1. The van der Waals surface area contributed by atoms with Gasteiger partial charge in [0.05, 0.1) is 16.4 Å². The number of anilines is 1. The second-order valence-corrected chi connectivity index (χ2v) is 9.32. The van der Waals surface area contributed by atoms with Gasteiger partial charge in [0.25, 0.3) is 0 Å². The molecule has 3 heterocycles. The van der Waals surface area contributed by atoms with Crippen LogP contribution in [-0.2, 0) is 17.7 Å². The van der Waals surface area contributed by atoms with E-state index in [1.54, 1.807) is 6.07 Å². The van der Waals surface area contributed by atoms with Crippen LogP contribution in [0.3, 0.4) is 0 Å². The van der Waals surface area contributed by atoms with Gasteiger partial charge in [0.15, 0.2) is 0 Å². The van der Waals surface area contributed by atoms with E-state index in [-0.39, 0.29) is 17.9 Å². The predicted molar refractivity (Wildman–Crippen MR) is 116 cm³/mol. The SMILES string of the molecule is CC(Cc1cc2nc(Cl)nc(NCc3ccncc3F)c2s1)NC(=O)OC(C)(C)C. The minimum atomic E-state index is -0.553. The summed E-state index contributed by atoms with van der Waals surface area (Å²) in [5.41, 5.74) is 0.611. The number of pyridine rings is 1. The Labute approximate surface area is 183 Å². The Morgan fingerprint density at radius 2 is 2.13 bits per heavy atom. The van der Waals surface area contributed by atoms with E-state index in [0.717, 1.165) is 9.58 Å². The van der Waals surface area contributed by atoms with Crippen LogP contribution in [0.25, 0.3) is 10.2 Å². The molecule has 3 rings (SSSR count). The van der Waals surface area contributed by atoms with Gasteiger partial charge < -0.3 is 15.4 Å². The highest BCUT2D eigenvalue weighted by atomic mass is 35.5. The maximum Gasteiger partial charge on any atom is 0.407 e.